The van der Waals surface area contributed by atoms with Crippen LogP contribution in [0.5, 0.6) is 0 Å². The van der Waals surface area contributed by atoms with Crippen LogP contribution in [0.2, 0.25) is 0 Å². The van der Waals surface area contributed by atoms with Gasteiger partial charge in [-0.05, 0) is 42.5 Å². The van der Waals surface area contributed by atoms with Crippen LogP contribution in [0, 0.1) is 12.8 Å². The summed E-state index contributed by atoms with van der Waals surface area (Å²) in [5.74, 6) is 2.86. The summed E-state index contributed by atoms with van der Waals surface area (Å²) in [6, 6.07) is 10.5. The zero-order chi connectivity index (χ0) is 13.0. The molecule has 0 saturated carbocycles. The van der Waals surface area contributed by atoms with Gasteiger partial charge in [-0.2, -0.15) is 11.8 Å². The Balaban J connectivity index is 2.15. The van der Waals surface area contributed by atoms with Gasteiger partial charge >= 0.3 is 0 Å². The first-order chi connectivity index (χ1) is 8.70. The van der Waals surface area contributed by atoms with E-state index in [1.165, 1.54) is 16.7 Å². The van der Waals surface area contributed by atoms with Crippen LogP contribution < -0.4 is 5.32 Å². The summed E-state index contributed by atoms with van der Waals surface area (Å²) in [5, 5.41) is 4.67. The van der Waals surface area contributed by atoms with Crippen molar-refractivity contribution in [2.45, 2.75) is 13.8 Å². The highest BCUT2D eigenvalue weighted by atomic mass is 32.2. The first kappa shape index (κ1) is 13.2. The average molecular weight is 260 g/mol. The number of para-hydroxylation sites is 1. The number of nitrogens with zero attached hydrogens (tertiary/aromatic N) is 1. The highest BCUT2D eigenvalue weighted by molar-refractivity contribution is 7.98. The Bertz CT molecular complexity index is 525. The fraction of sp³-hybridized carbons (Fsp3) is 0.400. The SMILES string of the molecule is CSCC(C)CNc1nc2ccccc2cc1C. The Morgan fingerprint density at radius 1 is 1.33 bits per heavy atom. The van der Waals surface area contributed by atoms with E-state index in [1.54, 1.807) is 0 Å². The molecule has 0 spiro atoms. The van der Waals surface area contributed by atoms with Crippen molar-refractivity contribution >= 4 is 28.5 Å². The molecule has 1 N–H and O–H groups in total. The van der Waals surface area contributed by atoms with Gasteiger partial charge in [0, 0.05) is 11.9 Å². The highest BCUT2D eigenvalue weighted by Crippen LogP contribution is 2.19. The number of fused-ring (bicyclic) bond motifs is 1. The second-order valence-electron chi connectivity index (χ2n) is 4.79. The molecule has 96 valence electrons. The second kappa shape index (κ2) is 6.10. The number of hydrogen-bond acceptors (Lipinski definition) is 3. The van der Waals surface area contributed by atoms with Crippen molar-refractivity contribution in [3.8, 4) is 0 Å². The smallest absolute Gasteiger partial charge is 0.129 e. The fourth-order valence-corrected chi connectivity index (χ4v) is 2.70. The van der Waals surface area contributed by atoms with Crippen molar-refractivity contribution < 1.29 is 0 Å². The third-order valence-electron chi connectivity index (χ3n) is 2.98. The molecular weight excluding hydrogens is 240 g/mol. The third-order valence-corrected chi connectivity index (χ3v) is 3.89. The van der Waals surface area contributed by atoms with Gasteiger partial charge < -0.3 is 5.32 Å². The lowest BCUT2D eigenvalue weighted by Gasteiger charge is -2.14. The van der Waals surface area contributed by atoms with Crippen molar-refractivity contribution in [2.24, 2.45) is 5.92 Å². The van der Waals surface area contributed by atoms with Crippen molar-refractivity contribution in [3.05, 3.63) is 35.9 Å². The summed E-state index contributed by atoms with van der Waals surface area (Å²) < 4.78 is 0. The number of thioether (sulfide) groups is 1. The molecule has 0 fully saturated rings. The van der Waals surface area contributed by atoms with Gasteiger partial charge in [0.15, 0.2) is 0 Å². The zero-order valence-corrected chi connectivity index (χ0v) is 12.1. The predicted octanol–water partition coefficient (Wildman–Crippen LogP) is 3.95. The summed E-state index contributed by atoms with van der Waals surface area (Å²) in [7, 11) is 0. The predicted molar refractivity (Wildman–Crippen MR) is 82.5 cm³/mol. The van der Waals surface area contributed by atoms with Crippen molar-refractivity contribution in [1.29, 1.82) is 0 Å². The van der Waals surface area contributed by atoms with E-state index < -0.39 is 0 Å². The van der Waals surface area contributed by atoms with Gasteiger partial charge in [-0.3, -0.25) is 0 Å². The minimum Gasteiger partial charge on any atom is -0.370 e. The van der Waals surface area contributed by atoms with Gasteiger partial charge in [0.05, 0.1) is 5.52 Å². The van der Waals surface area contributed by atoms with E-state index in [0.717, 1.165) is 17.9 Å². The van der Waals surface area contributed by atoms with E-state index in [1.807, 2.05) is 17.8 Å². The molecule has 2 aromatic rings. The summed E-state index contributed by atoms with van der Waals surface area (Å²) >= 11 is 1.89. The monoisotopic (exact) mass is 260 g/mol. The molecular formula is C15H20N2S. The maximum Gasteiger partial charge on any atom is 0.129 e. The van der Waals surface area contributed by atoms with Crippen LogP contribution in [0.1, 0.15) is 12.5 Å². The van der Waals surface area contributed by atoms with Crippen LogP contribution in [0.3, 0.4) is 0 Å². The number of aryl methyl sites for hydroxylation is 1. The molecule has 1 atom stereocenters. The van der Waals surface area contributed by atoms with Crippen molar-refractivity contribution in [1.82, 2.24) is 4.98 Å². The van der Waals surface area contributed by atoms with Crippen LogP contribution in [0.4, 0.5) is 5.82 Å². The fourth-order valence-electron chi connectivity index (χ4n) is 2.01. The Labute approximate surface area is 113 Å². The topological polar surface area (TPSA) is 24.9 Å². The Morgan fingerprint density at radius 3 is 2.89 bits per heavy atom. The molecule has 3 heteroatoms. The Hall–Kier alpha value is -1.22. The zero-order valence-electron chi connectivity index (χ0n) is 11.2. The molecule has 0 aliphatic heterocycles. The molecule has 0 radical (unpaired) electrons. The summed E-state index contributed by atoms with van der Waals surface area (Å²) in [6.07, 6.45) is 2.15. The van der Waals surface area contributed by atoms with Crippen LogP contribution in [-0.2, 0) is 0 Å². The number of benzene rings is 1. The second-order valence-corrected chi connectivity index (χ2v) is 5.70. The van der Waals surface area contributed by atoms with Crippen LogP contribution in [0.25, 0.3) is 10.9 Å². The molecule has 1 heterocycles. The minimum atomic E-state index is 0.660. The van der Waals surface area contributed by atoms with Gasteiger partial charge in [0.1, 0.15) is 5.82 Å². The van der Waals surface area contributed by atoms with Gasteiger partial charge in [0.25, 0.3) is 0 Å². The van der Waals surface area contributed by atoms with E-state index in [2.05, 4.69) is 54.7 Å². The molecule has 0 amide bonds. The molecule has 0 bridgehead atoms. The first-order valence-electron chi connectivity index (χ1n) is 6.30. The summed E-state index contributed by atoms with van der Waals surface area (Å²) in [5.41, 5.74) is 2.27. The van der Waals surface area contributed by atoms with Gasteiger partial charge in [-0.1, -0.05) is 25.1 Å². The molecule has 1 unspecified atom stereocenters. The lowest BCUT2D eigenvalue weighted by molar-refractivity contribution is 0.699. The maximum atomic E-state index is 4.69. The summed E-state index contributed by atoms with van der Waals surface area (Å²) in [6.45, 7) is 5.36. The van der Waals surface area contributed by atoms with E-state index in [9.17, 15) is 0 Å². The van der Waals surface area contributed by atoms with E-state index in [4.69, 9.17) is 0 Å². The highest BCUT2D eigenvalue weighted by Gasteiger charge is 2.05. The van der Waals surface area contributed by atoms with Gasteiger partial charge in [0.2, 0.25) is 0 Å². The lowest BCUT2D eigenvalue weighted by atomic mass is 10.1. The number of anilines is 1. The van der Waals surface area contributed by atoms with Crippen LogP contribution >= 0.6 is 11.8 Å². The number of nitrogens with one attached hydrogen (secondary N) is 1. The van der Waals surface area contributed by atoms with Crippen LogP contribution in [-0.4, -0.2) is 23.5 Å². The number of rotatable bonds is 5. The third kappa shape index (κ3) is 3.16. The first-order valence-corrected chi connectivity index (χ1v) is 7.69. The maximum absolute atomic E-state index is 4.69. The van der Waals surface area contributed by atoms with E-state index >= 15 is 0 Å². The number of hydrogen-bond donors (Lipinski definition) is 1. The number of aromatic nitrogens is 1. The van der Waals surface area contributed by atoms with E-state index in [0.29, 0.717) is 5.92 Å². The lowest BCUT2D eigenvalue weighted by Crippen LogP contribution is -2.14. The molecule has 1 aromatic heterocycles. The quantitative estimate of drug-likeness (QED) is 0.881. The number of pyridine rings is 1. The largest absolute Gasteiger partial charge is 0.370 e. The van der Waals surface area contributed by atoms with Crippen molar-refractivity contribution in [2.75, 3.05) is 23.9 Å². The molecule has 2 nitrogen and oxygen atoms in total. The van der Waals surface area contributed by atoms with Crippen LogP contribution in [0.15, 0.2) is 30.3 Å². The molecule has 0 saturated heterocycles. The standard InChI is InChI=1S/C15H20N2S/c1-11(10-18-3)9-16-15-12(2)8-13-6-4-5-7-14(13)17-15/h4-8,11H,9-10H2,1-3H3,(H,16,17). The summed E-state index contributed by atoms with van der Waals surface area (Å²) in [4.78, 5) is 4.69. The Kier molecular flexibility index (Phi) is 4.48. The molecule has 2 rings (SSSR count). The minimum absolute atomic E-state index is 0.660. The van der Waals surface area contributed by atoms with Gasteiger partial charge in [-0.25, -0.2) is 4.98 Å². The molecule has 18 heavy (non-hydrogen) atoms. The molecule has 0 aliphatic carbocycles. The Morgan fingerprint density at radius 2 is 2.11 bits per heavy atom. The van der Waals surface area contributed by atoms with Crippen molar-refractivity contribution in [3.63, 3.8) is 0 Å². The van der Waals surface area contributed by atoms with E-state index in [-0.39, 0.29) is 0 Å². The average Bonchev–Trinajstić information content (AvgIpc) is 2.36. The normalized spacial score (nSPS) is 12.6. The van der Waals surface area contributed by atoms with Gasteiger partial charge in [-0.15, -0.1) is 0 Å². The molecule has 1 aromatic carbocycles. The molecule has 0 aliphatic rings.